The van der Waals surface area contributed by atoms with E-state index in [1.807, 2.05) is 6.20 Å². The Morgan fingerprint density at radius 1 is 1.55 bits per heavy atom. The molecule has 2 N–H and O–H groups in total. The first-order valence-electron chi connectivity index (χ1n) is 8.00. The summed E-state index contributed by atoms with van der Waals surface area (Å²) in [5, 5.41) is 13.5. The van der Waals surface area contributed by atoms with Crippen LogP contribution in [0.2, 0.25) is 0 Å². The molecule has 1 heterocycles. The average Bonchev–Trinajstić information content (AvgIpc) is 2.87. The molecule has 0 aromatic carbocycles. The summed E-state index contributed by atoms with van der Waals surface area (Å²) in [4.78, 5) is 4.50. The molecule has 1 aliphatic carbocycles. The van der Waals surface area contributed by atoms with Crippen molar-refractivity contribution in [3.05, 3.63) is 18.2 Å². The normalized spacial score (nSPS) is 27.1. The quantitative estimate of drug-likeness (QED) is 0.842. The molecule has 1 aromatic rings. The molecular formula is C16H29N3O. The molecule has 1 saturated carbocycles. The first kappa shape index (κ1) is 15.5. The van der Waals surface area contributed by atoms with Crippen LogP contribution in [0.5, 0.6) is 0 Å². The summed E-state index contributed by atoms with van der Waals surface area (Å²) in [6, 6.07) is 0.866. The Labute approximate surface area is 122 Å². The number of rotatable bonds is 6. The third kappa shape index (κ3) is 3.41. The molecule has 2 rings (SSSR count). The Morgan fingerprint density at radius 3 is 3.00 bits per heavy atom. The van der Waals surface area contributed by atoms with Crippen LogP contribution in [-0.4, -0.2) is 32.8 Å². The van der Waals surface area contributed by atoms with Crippen molar-refractivity contribution < 1.29 is 5.11 Å². The second-order valence-corrected chi connectivity index (χ2v) is 6.49. The van der Waals surface area contributed by atoms with Gasteiger partial charge in [0.15, 0.2) is 0 Å². The highest BCUT2D eigenvalue weighted by Gasteiger charge is 2.37. The van der Waals surface area contributed by atoms with Crippen LogP contribution in [-0.2, 0) is 6.42 Å². The van der Waals surface area contributed by atoms with Gasteiger partial charge in [-0.3, -0.25) is 0 Å². The SMILES string of the molecule is CCCc1nccn1C1CCCC(CO)(NC(C)C)C1. The molecule has 2 unspecified atom stereocenters. The number of hydrogen-bond acceptors (Lipinski definition) is 3. The van der Waals surface area contributed by atoms with E-state index in [-0.39, 0.29) is 12.1 Å². The zero-order valence-electron chi connectivity index (χ0n) is 13.1. The maximum Gasteiger partial charge on any atom is 0.108 e. The van der Waals surface area contributed by atoms with E-state index in [1.165, 1.54) is 12.2 Å². The fourth-order valence-corrected chi connectivity index (χ4v) is 3.60. The highest BCUT2D eigenvalue weighted by atomic mass is 16.3. The number of nitrogens with one attached hydrogen (secondary N) is 1. The van der Waals surface area contributed by atoms with Gasteiger partial charge in [0.25, 0.3) is 0 Å². The fraction of sp³-hybridized carbons (Fsp3) is 0.812. The summed E-state index contributed by atoms with van der Waals surface area (Å²) in [7, 11) is 0. The second kappa shape index (κ2) is 6.72. The van der Waals surface area contributed by atoms with Crippen LogP contribution in [0.3, 0.4) is 0 Å². The first-order chi connectivity index (χ1) is 9.60. The number of aryl methyl sites for hydroxylation is 1. The summed E-state index contributed by atoms with van der Waals surface area (Å²) >= 11 is 0. The Balaban J connectivity index is 2.14. The van der Waals surface area contributed by atoms with Crippen molar-refractivity contribution in [3.63, 3.8) is 0 Å². The van der Waals surface area contributed by atoms with Gasteiger partial charge in [-0.25, -0.2) is 4.98 Å². The predicted octanol–water partition coefficient (Wildman–Crippen LogP) is 2.68. The van der Waals surface area contributed by atoms with Crippen molar-refractivity contribution in [1.82, 2.24) is 14.9 Å². The maximum atomic E-state index is 9.89. The fourth-order valence-electron chi connectivity index (χ4n) is 3.60. The standard InChI is InChI=1S/C16H29N3O/c1-4-6-15-17-9-10-19(15)14-7-5-8-16(11-14,12-20)18-13(2)3/h9-10,13-14,18,20H,4-8,11-12H2,1-3H3. The molecule has 1 fully saturated rings. The molecule has 114 valence electrons. The number of imidazole rings is 1. The van der Waals surface area contributed by atoms with Crippen molar-refractivity contribution in [2.24, 2.45) is 0 Å². The lowest BCUT2D eigenvalue weighted by Gasteiger charge is -2.42. The number of aromatic nitrogens is 2. The summed E-state index contributed by atoms with van der Waals surface area (Å²) in [5.41, 5.74) is -0.120. The van der Waals surface area contributed by atoms with Crippen LogP contribution >= 0.6 is 0 Å². The van der Waals surface area contributed by atoms with E-state index in [9.17, 15) is 5.11 Å². The molecule has 2 atom stereocenters. The van der Waals surface area contributed by atoms with Gasteiger partial charge in [0.1, 0.15) is 5.82 Å². The van der Waals surface area contributed by atoms with Crippen molar-refractivity contribution in [1.29, 1.82) is 0 Å². The number of nitrogens with zero attached hydrogens (tertiary/aromatic N) is 2. The lowest BCUT2D eigenvalue weighted by atomic mass is 9.78. The van der Waals surface area contributed by atoms with Crippen molar-refractivity contribution in [2.75, 3.05) is 6.61 Å². The second-order valence-electron chi connectivity index (χ2n) is 6.49. The molecule has 4 heteroatoms. The van der Waals surface area contributed by atoms with Gasteiger partial charge in [0.05, 0.1) is 6.61 Å². The minimum Gasteiger partial charge on any atom is -0.394 e. The summed E-state index contributed by atoms with van der Waals surface area (Å²) in [6.45, 7) is 6.72. The van der Waals surface area contributed by atoms with Gasteiger partial charge in [-0.15, -0.1) is 0 Å². The van der Waals surface area contributed by atoms with Crippen LogP contribution in [0.1, 0.15) is 64.7 Å². The van der Waals surface area contributed by atoms with Gasteiger partial charge >= 0.3 is 0 Å². The highest BCUT2D eigenvalue weighted by Crippen LogP contribution is 2.36. The molecule has 0 radical (unpaired) electrons. The van der Waals surface area contributed by atoms with E-state index in [2.05, 4.69) is 41.8 Å². The van der Waals surface area contributed by atoms with Gasteiger partial charge in [-0.05, 0) is 32.1 Å². The smallest absolute Gasteiger partial charge is 0.108 e. The molecule has 0 amide bonds. The minimum atomic E-state index is -0.120. The zero-order valence-corrected chi connectivity index (χ0v) is 13.1. The van der Waals surface area contributed by atoms with Crippen molar-refractivity contribution in [2.45, 2.75) is 76.9 Å². The van der Waals surface area contributed by atoms with E-state index < -0.39 is 0 Å². The Hall–Kier alpha value is -0.870. The zero-order chi connectivity index (χ0) is 14.6. The summed E-state index contributed by atoms with van der Waals surface area (Å²) in [5.74, 6) is 1.19. The molecule has 1 aliphatic rings. The molecular weight excluding hydrogens is 250 g/mol. The van der Waals surface area contributed by atoms with Crippen LogP contribution in [0, 0.1) is 0 Å². The molecule has 0 aliphatic heterocycles. The van der Waals surface area contributed by atoms with Crippen LogP contribution < -0.4 is 5.32 Å². The molecule has 4 nitrogen and oxygen atoms in total. The number of aliphatic hydroxyl groups excluding tert-OH is 1. The van der Waals surface area contributed by atoms with Crippen LogP contribution in [0.25, 0.3) is 0 Å². The molecule has 0 saturated heterocycles. The van der Waals surface area contributed by atoms with E-state index in [0.717, 1.165) is 32.1 Å². The molecule has 20 heavy (non-hydrogen) atoms. The third-order valence-corrected chi connectivity index (χ3v) is 4.33. The predicted molar refractivity (Wildman–Crippen MR) is 81.8 cm³/mol. The van der Waals surface area contributed by atoms with Crippen molar-refractivity contribution in [3.8, 4) is 0 Å². The van der Waals surface area contributed by atoms with Gasteiger partial charge in [0, 0.05) is 36.4 Å². The third-order valence-electron chi connectivity index (χ3n) is 4.33. The van der Waals surface area contributed by atoms with Crippen LogP contribution in [0.15, 0.2) is 12.4 Å². The lowest BCUT2D eigenvalue weighted by molar-refractivity contribution is 0.0896. The molecule has 1 aromatic heterocycles. The topological polar surface area (TPSA) is 50.1 Å². The molecule has 0 spiro atoms. The Kier molecular flexibility index (Phi) is 5.22. The summed E-state index contributed by atoms with van der Waals surface area (Å²) < 4.78 is 2.34. The van der Waals surface area contributed by atoms with E-state index in [0.29, 0.717) is 12.1 Å². The van der Waals surface area contributed by atoms with Gasteiger partial charge < -0.3 is 15.0 Å². The van der Waals surface area contributed by atoms with E-state index in [4.69, 9.17) is 0 Å². The summed E-state index contributed by atoms with van der Waals surface area (Å²) in [6.07, 6.45) is 10.6. The van der Waals surface area contributed by atoms with E-state index >= 15 is 0 Å². The van der Waals surface area contributed by atoms with Crippen molar-refractivity contribution >= 4 is 0 Å². The minimum absolute atomic E-state index is 0.120. The lowest BCUT2D eigenvalue weighted by Crippen LogP contribution is -2.54. The number of aliphatic hydroxyl groups is 1. The van der Waals surface area contributed by atoms with Gasteiger partial charge in [-0.2, -0.15) is 0 Å². The van der Waals surface area contributed by atoms with E-state index in [1.54, 1.807) is 0 Å². The highest BCUT2D eigenvalue weighted by molar-refractivity contribution is 5.01. The first-order valence-corrected chi connectivity index (χ1v) is 8.00. The van der Waals surface area contributed by atoms with Gasteiger partial charge in [-0.1, -0.05) is 20.8 Å². The Bertz CT molecular complexity index is 416. The molecule has 0 bridgehead atoms. The maximum absolute atomic E-state index is 9.89. The van der Waals surface area contributed by atoms with Crippen LogP contribution in [0.4, 0.5) is 0 Å². The average molecular weight is 279 g/mol. The van der Waals surface area contributed by atoms with Gasteiger partial charge in [0.2, 0.25) is 0 Å². The monoisotopic (exact) mass is 279 g/mol. The largest absolute Gasteiger partial charge is 0.394 e. The number of hydrogen-bond donors (Lipinski definition) is 2. The Morgan fingerprint density at radius 2 is 2.35 bits per heavy atom.